The van der Waals surface area contributed by atoms with Gasteiger partial charge < -0.3 is 10.1 Å². The molecule has 40 heavy (non-hydrogen) atoms. The van der Waals surface area contributed by atoms with E-state index in [1.807, 2.05) is 85.8 Å². The highest BCUT2D eigenvalue weighted by Crippen LogP contribution is 2.21. The Morgan fingerprint density at radius 3 is 1.95 bits per heavy atom. The van der Waals surface area contributed by atoms with Crippen LogP contribution < -0.4 is 5.32 Å². The third-order valence-corrected chi connectivity index (χ3v) is 7.13. The summed E-state index contributed by atoms with van der Waals surface area (Å²) in [5.74, 6) is -0.928. The number of hydrogen-bond donors (Lipinski definition) is 1. The molecule has 0 radical (unpaired) electrons. The molecule has 0 spiro atoms. The van der Waals surface area contributed by atoms with Crippen LogP contribution in [0.3, 0.4) is 0 Å². The van der Waals surface area contributed by atoms with E-state index < -0.39 is 12.0 Å². The van der Waals surface area contributed by atoms with Crippen LogP contribution in [-0.2, 0) is 33.8 Å². The molecule has 2 atom stereocenters. The standard InChI is InChI=1S/C36H33NO3/c1-26(22-27-16-19-32(20-17-27)30-12-6-3-7-13-30)35(38)37-34(36(39)40-25-28-10-4-2-5-11-28)24-29-18-21-31-14-8-9-15-33(31)23-29/h2-21,23,26,34H,22,24-25H2,1H3,(H,37,38)/t26-,34+/m1/s1. The molecule has 5 rings (SSSR count). The Balaban J connectivity index is 1.27. The summed E-state index contributed by atoms with van der Waals surface area (Å²) in [5.41, 5.74) is 5.23. The van der Waals surface area contributed by atoms with Gasteiger partial charge in [0.25, 0.3) is 0 Å². The monoisotopic (exact) mass is 527 g/mol. The molecule has 0 aliphatic carbocycles. The molecule has 0 fully saturated rings. The van der Waals surface area contributed by atoms with Crippen molar-refractivity contribution in [2.45, 2.75) is 32.4 Å². The average Bonchev–Trinajstić information content (AvgIpc) is 3.00. The van der Waals surface area contributed by atoms with Gasteiger partial charge in [0.2, 0.25) is 5.91 Å². The second-order valence-corrected chi connectivity index (χ2v) is 10.2. The minimum atomic E-state index is -0.791. The molecule has 4 heteroatoms. The molecule has 0 saturated carbocycles. The number of esters is 1. The second-order valence-electron chi connectivity index (χ2n) is 10.2. The van der Waals surface area contributed by atoms with Gasteiger partial charge in [0.05, 0.1) is 0 Å². The van der Waals surface area contributed by atoms with Crippen molar-refractivity contribution in [1.82, 2.24) is 5.32 Å². The van der Waals surface area contributed by atoms with Crippen LogP contribution in [0.5, 0.6) is 0 Å². The molecule has 1 amide bonds. The summed E-state index contributed by atoms with van der Waals surface area (Å²) in [6.07, 6.45) is 0.922. The van der Waals surface area contributed by atoms with Crippen LogP contribution in [-0.4, -0.2) is 17.9 Å². The number of nitrogens with one attached hydrogen (secondary N) is 1. The maximum atomic E-state index is 13.3. The normalized spacial score (nSPS) is 12.4. The molecule has 0 aromatic heterocycles. The summed E-state index contributed by atoms with van der Waals surface area (Å²) in [5, 5.41) is 5.22. The predicted molar refractivity (Wildman–Crippen MR) is 161 cm³/mol. The number of fused-ring (bicyclic) bond motifs is 1. The summed E-state index contributed by atoms with van der Waals surface area (Å²) in [6, 6.07) is 41.5. The van der Waals surface area contributed by atoms with Crippen LogP contribution in [0.4, 0.5) is 0 Å². The van der Waals surface area contributed by atoms with Gasteiger partial charge in [0, 0.05) is 12.3 Å². The molecule has 4 nitrogen and oxygen atoms in total. The minimum absolute atomic E-state index is 0.160. The number of rotatable bonds is 10. The molecule has 0 unspecified atom stereocenters. The lowest BCUT2D eigenvalue weighted by Gasteiger charge is -2.21. The lowest BCUT2D eigenvalue weighted by Crippen LogP contribution is -2.45. The van der Waals surface area contributed by atoms with Crippen molar-refractivity contribution < 1.29 is 14.3 Å². The first-order chi connectivity index (χ1) is 19.5. The largest absolute Gasteiger partial charge is 0.459 e. The molecule has 5 aromatic carbocycles. The Hall–Kier alpha value is -4.70. The van der Waals surface area contributed by atoms with Crippen LogP contribution in [0.1, 0.15) is 23.6 Å². The topological polar surface area (TPSA) is 55.4 Å². The van der Waals surface area contributed by atoms with E-state index in [0.717, 1.165) is 38.6 Å². The van der Waals surface area contributed by atoms with Crippen molar-refractivity contribution in [3.8, 4) is 11.1 Å². The molecule has 0 aliphatic heterocycles. The van der Waals surface area contributed by atoms with Crippen molar-refractivity contribution in [1.29, 1.82) is 0 Å². The van der Waals surface area contributed by atoms with Gasteiger partial charge >= 0.3 is 5.97 Å². The number of benzene rings is 5. The number of ether oxygens (including phenoxy) is 1. The van der Waals surface area contributed by atoms with Gasteiger partial charge in [-0.05, 0) is 45.0 Å². The molecule has 200 valence electrons. The first-order valence-corrected chi connectivity index (χ1v) is 13.7. The predicted octanol–water partition coefficient (Wildman–Crippen LogP) is 7.16. The van der Waals surface area contributed by atoms with Crippen molar-refractivity contribution in [2.75, 3.05) is 0 Å². The molecule has 0 heterocycles. The molecule has 0 aliphatic rings. The maximum absolute atomic E-state index is 13.3. The smallest absolute Gasteiger partial charge is 0.329 e. The van der Waals surface area contributed by atoms with E-state index in [-0.39, 0.29) is 18.4 Å². The quantitative estimate of drug-likeness (QED) is 0.196. The minimum Gasteiger partial charge on any atom is -0.459 e. The lowest BCUT2D eigenvalue weighted by atomic mass is 9.96. The Bertz CT molecular complexity index is 1560. The zero-order valence-corrected chi connectivity index (χ0v) is 22.6. The molecule has 1 N–H and O–H groups in total. The van der Waals surface area contributed by atoms with Gasteiger partial charge in [-0.3, -0.25) is 4.79 Å². The lowest BCUT2D eigenvalue weighted by molar-refractivity contribution is -0.149. The molecular weight excluding hydrogens is 494 g/mol. The molecule has 0 bridgehead atoms. The Morgan fingerprint density at radius 1 is 0.625 bits per heavy atom. The van der Waals surface area contributed by atoms with Crippen LogP contribution in [0, 0.1) is 5.92 Å². The van der Waals surface area contributed by atoms with Gasteiger partial charge in [0.1, 0.15) is 12.6 Å². The summed E-state index contributed by atoms with van der Waals surface area (Å²) >= 11 is 0. The highest BCUT2D eigenvalue weighted by molar-refractivity contribution is 5.87. The summed E-state index contributed by atoms with van der Waals surface area (Å²) in [4.78, 5) is 26.5. The molecule has 0 saturated heterocycles. The van der Waals surface area contributed by atoms with E-state index in [1.54, 1.807) is 0 Å². The van der Waals surface area contributed by atoms with Crippen molar-refractivity contribution in [2.24, 2.45) is 5.92 Å². The number of hydrogen-bond acceptors (Lipinski definition) is 3. The summed E-state index contributed by atoms with van der Waals surface area (Å²) in [7, 11) is 0. The van der Waals surface area contributed by atoms with E-state index in [9.17, 15) is 9.59 Å². The Labute approximate surface area is 235 Å². The van der Waals surface area contributed by atoms with Crippen molar-refractivity contribution in [3.05, 3.63) is 144 Å². The van der Waals surface area contributed by atoms with Crippen LogP contribution in [0.15, 0.2) is 127 Å². The fourth-order valence-corrected chi connectivity index (χ4v) is 4.85. The van der Waals surface area contributed by atoms with E-state index in [2.05, 4.69) is 53.8 Å². The van der Waals surface area contributed by atoms with Crippen molar-refractivity contribution in [3.63, 3.8) is 0 Å². The van der Waals surface area contributed by atoms with Gasteiger partial charge in [0.15, 0.2) is 0 Å². The van der Waals surface area contributed by atoms with Gasteiger partial charge in [-0.1, -0.05) is 134 Å². The number of carbonyl (C=O) groups excluding carboxylic acids is 2. The average molecular weight is 528 g/mol. The number of amides is 1. The van der Waals surface area contributed by atoms with Crippen LogP contribution in [0.2, 0.25) is 0 Å². The Kier molecular flexibility index (Phi) is 8.67. The molecular formula is C36H33NO3. The van der Waals surface area contributed by atoms with Crippen LogP contribution >= 0.6 is 0 Å². The number of carbonyl (C=O) groups is 2. The van der Waals surface area contributed by atoms with Gasteiger partial charge in [-0.25, -0.2) is 4.79 Å². The third kappa shape index (κ3) is 7.03. The highest BCUT2D eigenvalue weighted by atomic mass is 16.5. The zero-order valence-electron chi connectivity index (χ0n) is 22.6. The van der Waals surface area contributed by atoms with Gasteiger partial charge in [-0.2, -0.15) is 0 Å². The summed E-state index contributed by atoms with van der Waals surface area (Å²) in [6.45, 7) is 2.05. The van der Waals surface area contributed by atoms with E-state index in [0.29, 0.717) is 12.8 Å². The molecule has 5 aromatic rings. The van der Waals surface area contributed by atoms with E-state index in [1.165, 1.54) is 0 Å². The fraction of sp³-hybridized carbons (Fsp3) is 0.167. The van der Waals surface area contributed by atoms with Crippen LogP contribution in [0.25, 0.3) is 21.9 Å². The second kappa shape index (κ2) is 12.9. The Morgan fingerprint density at radius 2 is 1.23 bits per heavy atom. The first kappa shape index (κ1) is 26.9. The summed E-state index contributed by atoms with van der Waals surface area (Å²) < 4.78 is 5.65. The van der Waals surface area contributed by atoms with E-state index >= 15 is 0 Å². The maximum Gasteiger partial charge on any atom is 0.329 e. The zero-order chi connectivity index (χ0) is 27.7. The van der Waals surface area contributed by atoms with Gasteiger partial charge in [-0.15, -0.1) is 0 Å². The van der Waals surface area contributed by atoms with Crippen molar-refractivity contribution >= 4 is 22.6 Å². The SMILES string of the molecule is C[C@H](Cc1ccc(-c2ccccc2)cc1)C(=O)N[C@@H](Cc1ccc2ccccc2c1)C(=O)OCc1ccccc1. The fourth-order valence-electron chi connectivity index (χ4n) is 4.85. The van der Waals surface area contributed by atoms with E-state index in [4.69, 9.17) is 4.74 Å². The first-order valence-electron chi connectivity index (χ1n) is 13.7. The third-order valence-electron chi connectivity index (χ3n) is 7.13. The highest BCUT2D eigenvalue weighted by Gasteiger charge is 2.25.